The van der Waals surface area contributed by atoms with Crippen molar-refractivity contribution in [3.05, 3.63) is 66.0 Å². The summed E-state index contributed by atoms with van der Waals surface area (Å²) in [6.45, 7) is 4.02. The van der Waals surface area contributed by atoms with Gasteiger partial charge in [0, 0.05) is 6.42 Å². The molecule has 0 saturated carbocycles. The lowest BCUT2D eigenvalue weighted by molar-refractivity contribution is -0.122. The lowest BCUT2D eigenvalue weighted by Crippen LogP contribution is -2.28. The average molecular weight is 307 g/mol. The van der Waals surface area contributed by atoms with E-state index < -0.39 is 0 Å². The lowest BCUT2D eigenvalue weighted by Gasteiger charge is -2.15. The molecule has 2 atom stereocenters. The van der Waals surface area contributed by atoms with Gasteiger partial charge in [-0.1, -0.05) is 49.4 Å². The van der Waals surface area contributed by atoms with Crippen molar-refractivity contribution in [1.82, 2.24) is 15.3 Å². The summed E-state index contributed by atoms with van der Waals surface area (Å²) < 4.78 is 0. The topological polar surface area (TPSA) is 57.8 Å². The average Bonchev–Trinajstić information content (AvgIpc) is 2.99. The number of carbonyl (C=O) groups excluding carboxylic acids is 1. The molecule has 0 aliphatic carbocycles. The van der Waals surface area contributed by atoms with Crippen molar-refractivity contribution in [3.63, 3.8) is 0 Å². The van der Waals surface area contributed by atoms with Crippen molar-refractivity contribution in [2.75, 3.05) is 0 Å². The van der Waals surface area contributed by atoms with Gasteiger partial charge >= 0.3 is 0 Å². The van der Waals surface area contributed by atoms with Crippen LogP contribution < -0.4 is 5.32 Å². The second-order valence-corrected chi connectivity index (χ2v) is 5.94. The van der Waals surface area contributed by atoms with Crippen molar-refractivity contribution in [2.45, 2.75) is 32.2 Å². The number of hydrogen-bond acceptors (Lipinski definition) is 2. The Balaban J connectivity index is 1.63. The Morgan fingerprint density at radius 2 is 1.78 bits per heavy atom. The lowest BCUT2D eigenvalue weighted by atomic mass is 9.97. The molecule has 3 rings (SSSR count). The normalized spacial score (nSPS) is 13.7. The molecule has 0 unspecified atom stereocenters. The summed E-state index contributed by atoms with van der Waals surface area (Å²) in [6, 6.07) is 17.8. The number of amides is 1. The number of aromatic amines is 1. The molecule has 0 saturated heterocycles. The number of H-pyrrole nitrogens is 1. The zero-order valence-electron chi connectivity index (χ0n) is 13.4. The van der Waals surface area contributed by atoms with Crippen LogP contribution in [0.15, 0.2) is 54.6 Å². The van der Waals surface area contributed by atoms with Gasteiger partial charge in [0.1, 0.15) is 5.82 Å². The number of nitrogens with one attached hydrogen (secondary N) is 2. The third kappa shape index (κ3) is 3.59. The summed E-state index contributed by atoms with van der Waals surface area (Å²) in [5, 5.41) is 3.03. The second kappa shape index (κ2) is 6.65. The number of hydrogen-bond donors (Lipinski definition) is 2. The first-order valence-electron chi connectivity index (χ1n) is 7.92. The fourth-order valence-electron chi connectivity index (χ4n) is 2.72. The highest BCUT2D eigenvalue weighted by Gasteiger charge is 2.16. The minimum Gasteiger partial charge on any atom is -0.346 e. The molecule has 4 heteroatoms. The number of para-hydroxylation sites is 2. The molecule has 23 heavy (non-hydrogen) atoms. The smallest absolute Gasteiger partial charge is 0.221 e. The van der Waals surface area contributed by atoms with E-state index in [1.165, 1.54) is 5.56 Å². The Kier molecular flexibility index (Phi) is 4.42. The van der Waals surface area contributed by atoms with Crippen LogP contribution in [-0.2, 0) is 4.79 Å². The number of rotatable bonds is 5. The van der Waals surface area contributed by atoms with E-state index in [-0.39, 0.29) is 17.9 Å². The van der Waals surface area contributed by atoms with Gasteiger partial charge in [0.05, 0.1) is 17.1 Å². The van der Waals surface area contributed by atoms with E-state index in [1.807, 2.05) is 49.4 Å². The molecule has 0 fully saturated rings. The van der Waals surface area contributed by atoms with Crippen LogP contribution in [0, 0.1) is 0 Å². The summed E-state index contributed by atoms with van der Waals surface area (Å²) in [5.74, 6) is 1.01. The van der Waals surface area contributed by atoms with Gasteiger partial charge < -0.3 is 10.3 Å². The fourth-order valence-corrected chi connectivity index (χ4v) is 2.72. The van der Waals surface area contributed by atoms with Gasteiger partial charge in [-0.2, -0.15) is 0 Å². The van der Waals surface area contributed by atoms with E-state index >= 15 is 0 Å². The first-order valence-corrected chi connectivity index (χ1v) is 7.92. The van der Waals surface area contributed by atoms with E-state index in [9.17, 15) is 4.79 Å². The Morgan fingerprint density at radius 3 is 2.52 bits per heavy atom. The SMILES string of the molecule is C[C@H](NC(=O)C[C@H](C)c1ccccc1)c1nc2ccccc2[nH]1. The minimum absolute atomic E-state index is 0.0364. The number of benzene rings is 2. The largest absolute Gasteiger partial charge is 0.346 e. The fraction of sp³-hybridized carbons (Fsp3) is 0.263. The van der Waals surface area contributed by atoms with Crippen molar-refractivity contribution < 1.29 is 4.79 Å². The molecule has 0 spiro atoms. The van der Waals surface area contributed by atoms with Gasteiger partial charge in [-0.3, -0.25) is 4.79 Å². The summed E-state index contributed by atoms with van der Waals surface area (Å²) >= 11 is 0. The maximum absolute atomic E-state index is 12.3. The van der Waals surface area contributed by atoms with Crippen LogP contribution in [0.1, 0.15) is 43.6 Å². The molecular weight excluding hydrogens is 286 g/mol. The van der Waals surface area contributed by atoms with E-state index in [1.54, 1.807) is 0 Å². The van der Waals surface area contributed by atoms with Crippen LogP contribution in [-0.4, -0.2) is 15.9 Å². The molecule has 0 aliphatic rings. The first kappa shape index (κ1) is 15.3. The van der Waals surface area contributed by atoms with Crippen LogP contribution >= 0.6 is 0 Å². The summed E-state index contributed by atoms with van der Waals surface area (Å²) in [4.78, 5) is 20.1. The molecular formula is C19H21N3O. The summed E-state index contributed by atoms with van der Waals surface area (Å²) in [6.07, 6.45) is 0.467. The summed E-state index contributed by atoms with van der Waals surface area (Å²) in [5.41, 5.74) is 3.08. The van der Waals surface area contributed by atoms with Crippen molar-refractivity contribution in [3.8, 4) is 0 Å². The van der Waals surface area contributed by atoms with E-state index in [2.05, 4.69) is 34.3 Å². The molecule has 0 radical (unpaired) electrons. The van der Waals surface area contributed by atoms with Crippen LogP contribution in [0.4, 0.5) is 0 Å². The Bertz CT molecular complexity index is 761. The van der Waals surface area contributed by atoms with Crippen LogP contribution in [0.2, 0.25) is 0 Å². The van der Waals surface area contributed by atoms with Crippen molar-refractivity contribution in [2.24, 2.45) is 0 Å². The number of imidazole rings is 1. The van der Waals surface area contributed by atoms with Gasteiger partial charge in [0.25, 0.3) is 0 Å². The number of aromatic nitrogens is 2. The third-order valence-corrected chi connectivity index (χ3v) is 4.06. The maximum atomic E-state index is 12.3. The molecule has 3 aromatic rings. The zero-order valence-corrected chi connectivity index (χ0v) is 13.4. The monoisotopic (exact) mass is 307 g/mol. The Morgan fingerprint density at radius 1 is 1.09 bits per heavy atom. The van der Waals surface area contributed by atoms with E-state index in [4.69, 9.17) is 0 Å². The van der Waals surface area contributed by atoms with Gasteiger partial charge in [0.2, 0.25) is 5.91 Å². The highest BCUT2D eigenvalue weighted by atomic mass is 16.1. The second-order valence-electron chi connectivity index (χ2n) is 5.94. The summed E-state index contributed by atoms with van der Waals surface area (Å²) in [7, 11) is 0. The Hall–Kier alpha value is -2.62. The predicted molar refractivity (Wildman–Crippen MR) is 92.1 cm³/mol. The highest BCUT2D eigenvalue weighted by Crippen LogP contribution is 2.20. The van der Waals surface area contributed by atoms with Crippen LogP contribution in [0.25, 0.3) is 11.0 Å². The van der Waals surface area contributed by atoms with E-state index in [0.29, 0.717) is 6.42 Å². The number of fused-ring (bicyclic) bond motifs is 1. The molecule has 1 heterocycles. The minimum atomic E-state index is -0.141. The number of carbonyl (C=O) groups is 1. The molecule has 2 aromatic carbocycles. The van der Waals surface area contributed by atoms with Gasteiger partial charge in [-0.05, 0) is 30.5 Å². The maximum Gasteiger partial charge on any atom is 0.221 e. The quantitative estimate of drug-likeness (QED) is 0.750. The molecule has 2 N–H and O–H groups in total. The molecule has 0 bridgehead atoms. The standard InChI is InChI=1S/C19H21N3O/c1-13(15-8-4-3-5-9-15)12-18(23)20-14(2)19-21-16-10-6-7-11-17(16)22-19/h3-11,13-14H,12H2,1-2H3,(H,20,23)(H,21,22)/t13-,14-/m0/s1. The molecule has 1 amide bonds. The zero-order chi connectivity index (χ0) is 16.2. The van der Waals surface area contributed by atoms with Crippen molar-refractivity contribution in [1.29, 1.82) is 0 Å². The molecule has 0 aliphatic heterocycles. The van der Waals surface area contributed by atoms with Crippen LogP contribution in [0.3, 0.4) is 0 Å². The van der Waals surface area contributed by atoms with E-state index in [0.717, 1.165) is 16.9 Å². The number of nitrogens with zero attached hydrogens (tertiary/aromatic N) is 1. The third-order valence-electron chi connectivity index (χ3n) is 4.06. The Labute approximate surface area is 136 Å². The molecule has 1 aromatic heterocycles. The first-order chi connectivity index (χ1) is 11.1. The van der Waals surface area contributed by atoms with Crippen LogP contribution in [0.5, 0.6) is 0 Å². The van der Waals surface area contributed by atoms with Gasteiger partial charge in [-0.15, -0.1) is 0 Å². The van der Waals surface area contributed by atoms with Gasteiger partial charge in [-0.25, -0.2) is 4.98 Å². The molecule has 118 valence electrons. The molecule has 4 nitrogen and oxygen atoms in total. The highest BCUT2D eigenvalue weighted by molar-refractivity contribution is 5.78. The predicted octanol–water partition coefficient (Wildman–Crippen LogP) is 3.93. The van der Waals surface area contributed by atoms with Crippen molar-refractivity contribution >= 4 is 16.9 Å². The van der Waals surface area contributed by atoms with Gasteiger partial charge in [0.15, 0.2) is 0 Å².